The van der Waals surface area contributed by atoms with E-state index in [9.17, 15) is 4.79 Å². The summed E-state index contributed by atoms with van der Waals surface area (Å²) in [5, 5.41) is 3.10. The Morgan fingerprint density at radius 3 is 2.08 bits per heavy atom. The summed E-state index contributed by atoms with van der Waals surface area (Å²) in [4.78, 5) is 12.8. The molecule has 4 nitrogen and oxygen atoms in total. The van der Waals surface area contributed by atoms with Crippen LogP contribution in [0.15, 0.2) is 79.1 Å². The molecule has 0 spiro atoms. The molecule has 0 aliphatic rings. The number of para-hydroxylation sites is 1. The number of benzene rings is 2. The van der Waals surface area contributed by atoms with Gasteiger partial charge in [0.1, 0.15) is 5.75 Å². The summed E-state index contributed by atoms with van der Waals surface area (Å²) >= 11 is 0. The summed E-state index contributed by atoms with van der Waals surface area (Å²) in [5.74, 6) is 0.827. The quantitative estimate of drug-likeness (QED) is 0.151. The summed E-state index contributed by atoms with van der Waals surface area (Å²) < 4.78 is 8.09. The van der Waals surface area contributed by atoms with Crippen molar-refractivity contribution in [3.05, 3.63) is 90.3 Å². The Balaban J connectivity index is 0.00000533. The molecule has 0 atom stereocenters. The van der Waals surface area contributed by atoms with Gasteiger partial charge in [0.2, 0.25) is 5.91 Å². The van der Waals surface area contributed by atoms with Gasteiger partial charge >= 0.3 is 0 Å². The third-order valence-corrected chi connectivity index (χ3v) is 6.95. The number of rotatable bonds is 19. The van der Waals surface area contributed by atoms with E-state index in [4.69, 9.17) is 4.74 Å². The minimum Gasteiger partial charge on any atom is -1.00 e. The molecule has 0 radical (unpaired) electrons. The number of carbonyl (C=O) groups is 1. The highest BCUT2D eigenvalue weighted by Crippen LogP contribution is 2.18. The van der Waals surface area contributed by atoms with Crippen LogP contribution < -0.4 is 31.6 Å². The maximum Gasteiger partial charge on any atom is 0.228 e. The van der Waals surface area contributed by atoms with Crippen molar-refractivity contribution in [1.82, 2.24) is 0 Å². The van der Waals surface area contributed by atoms with Gasteiger partial charge in [-0.25, -0.2) is 4.57 Å². The highest BCUT2D eigenvalue weighted by Gasteiger charge is 2.11. The number of nitrogens with zero attached hydrogens (tertiary/aromatic N) is 1. The van der Waals surface area contributed by atoms with Crippen molar-refractivity contribution in [2.45, 2.75) is 96.9 Å². The van der Waals surface area contributed by atoms with Crippen molar-refractivity contribution < 1.29 is 31.1 Å². The van der Waals surface area contributed by atoms with E-state index < -0.39 is 0 Å². The van der Waals surface area contributed by atoms with E-state index in [1.54, 1.807) is 0 Å². The maximum atomic E-state index is 12.8. The SMILES string of the molecule is CCCCCCCCCCCCCCOc1cccc(CC(=O)Nc2ccccc2C[n+]2ccccc2)c1.[Br-]. The van der Waals surface area contributed by atoms with Gasteiger partial charge in [-0.1, -0.05) is 114 Å². The lowest BCUT2D eigenvalue weighted by Crippen LogP contribution is -3.00. The summed E-state index contributed by atoms with van der Waals surface area (Å²) in [6.07, 6.45) is 20.4. The van der Waals surface area contributed by atoms with Gasteiger partial charge in [0.15, 0.2) is 18.9 Å². The van der Waals surface area contributed by atoms with E-state index >= 15 is 0 Å². The monoisotopic (exact) mass is 594 g/mol. The number of ether oxygens (including phenoxy) is 1. The van der Waals surface area contributed by atoms with Crippen LogP contribution in [0.5, 0.6) is 5.75 Å². The Bertz CT molecular complexity index is 1060. The second-order valence-electron chi connectivity index (χ2n) is 10.3. The van der Waals surface area contributed by atoms with Crippen molar-refractivity contribution in [3.8, 4) is 5.75 Å². The van der Waals surface area contributed by atoms with Gasteiger partial charge in [-0.3, -0.25) is 4.79 Å². The van der Waals surface area contributed by atoms with E-state index in [1.165, 1.54) is 70.6 Å². The number of unbranched alkanes of at least 4 members (excludes halogenated alkanes) is 11. The fourth-order valence-corrected chi connectivity index (χ4v) is 4.77. The number of pyridine rings is 1. The number of nitrogens with one attached hydrogen (secondary N) is 1. The van der Waals surface area contributed by atoms with Gasteiger partial charge in [-0.15, -0.1) is 0 Å². The second kappa shape index (κ2) is 20.3. The van der Waals surface area contributed by atoms with Gasteiger partial charge in [0.05, 0.1) is 18.7 Å². The van der Waals surface area contributed by atoms with E-state index in [0.717, 1.165) is 35.6 Å². The summed E-state index contributed by atoms with van der Waals surface area (Å²) in [6, 6.07) is 21.9. The van der Waals surface area contributed by atoms with Crippen molar-refractivity contribution >= 4 is 11.6 Å². The van der Waals surface area contributed by atoms with Crippen LogP contribution in [0.4, 0.5) is 5.69 Å². The van der Waals surface area contributed by atoms with Crippen molar-refractivity contribution in [2.75, 3.05) is 11.9 Å². The molecule has 0 aliphatic heterocycles. The Labute approximate surface area is 247 Å². The highest BCUT2D eigenvalue weighted by molar-refractivity contribution is 5.93. The second-order valence-corrected chi connectivity index (χ2v) is 10.3. The number of halogens is 1. The summed E-state index contributed by atoms with van der Waals surface area (Å²) in [7, 11) is 0. The van der Waals surface area contributed by atoms with Crippen LogP contribution in [-0.4, -0.2) is 12.5 Å². The molecule has 0 unspecified atom stereocenters. The Hall–Kier alpha value is -2.66. The average Bonchev–Trinajstić information content (AvgIpc) is 2.93. The number of carbonyl (C=O) groups excluding carboxylic acids is 1. The molecule has 3 rings (SSSR count). The van der Waals surface area contributed by atoms with Crippen LogP contribution in [0.1, 0.15) is 95.1 Å². The summed E-state index contributed by atoms with van der Waals surface area (Å²) in [5.41, 5.74) is 2.90. The predicted molar refractivity (Wildman–Crippen MR) is 158 cm³/mol. The van der Waals surface area contributed by atoms with Gasteiger partial charge in [0, 0.05) is 17.7 Å². The maximum absolute atomic E-state index is 12.8. The highest BCUT2D eigenvalue weighted by atomic mass is 79.9. The fourth-order valence-electron chi connectivity index (χ4n) is 4.77. The third-order valence-electron chi connectivity index (χ3n) is 6.95. The first-order chi connectivity index (χ1) is 18.7. The largest absolute Gasteiger partial charge is 1.00 e. The van der Waals surface area contributed by atoms with Gasteiger partial charge < -0.3 is 27.0 Å². The third kappa shape index (κ3) is 13.8. The molecular formula is C34H47BrN2O2. The Kier molecular flexibility index (Phi) is 16.9. The van der Waals surface area contributed by atoms with Gasteiger partial charge in [-0.05, 0) is 30.2 Å². The molecule has 1 amide bonds. The van der Waals surface area contributed by atoms with Crippen LogP contribution in [0.3, 0.4) is 0 Å². The average molecular weight is 596 g/mol. The van der Waals surface area contributed by atoms with Crippen LogP contribution in [0, 0.1) is 0 Å². The zero-order valence-corrected chi connectivity index (χ0v) is 25.3. The number of anilines is 1. The van der Waals surface area contributed by atoms with Gasteiger partial charge in [0.25, 0.3) is 0 Å². The number of amides is 1. The van der Waals surface area contributed by atoms with Crippen molar-refractivity contribution in [2.24, 2.45) is 0 Å². The van der Waals surface area contributed by atoms with E-state index in [-0.39, 0.29) is 22.9 Å². The smallest absolute Gasteiger partial charge is 0.228 e. The van der Waals surface area contributed by atoms with Crippen LogP contribution in [0.25, 0.3) is 0 Å². The zero-order chi connectivity index (χ0) is 26.7. The first-order valence-electron chi connectivity index (χ1n) is 14.8. The Morgan fingerprint density at radius 1 is 0.744 bits per heavy atom. The molecule has 2 aromatic carbocycles. The predicted octanol–water partition coefficient (Wildman–Crippen LogP) is 5.29. The van der Waals surface area contributed by atoms with Crippen LogP contribution in [-0.2, 0) is 17.8 Å². The molecule has 0 fully saturated rings. The molecule has 0 bridgehead atoms. The molecule has 5 heteroatoms. The fraction of sp³-hybridized carbons (Fsp3) is 0.471. The van der Waals surface area contributed by atoms with Crippen molar-refractivity contribution in [3.63, 3.8) is 0 Å². The topological polar surface area (TPSA) is 42.2 Å². The molecular weight excluding hydrogens is 548 g/mol. The Morgan fingerprint density at radius 2 is 1.38 bits per heavy atom. The standard InChI is InChI=1S/C34H46N2O2.BrH/c1-2-3-4-5-6-7-8-9-10-11-12-18-26-38-32-22-19-20-30(27-32)28-34(37)35-33-23-15-14-21-31(33)29-36-24-16-13-17-25-36;/h13-17,19-25,27H,2-12,18,26,28-29H2,1H3;1H. The molecule has 1 heterocycles. The lowest BCUT2D eigenvalue weighted by Gasteiger charge is -2.11. The summed E-state index contributed by atoms with van der Waals surface area (Å²) in [6.45, 7) is 3.72. The van der Waals surface area contributed by atoms with Crippen molar-refractivity contribution in [1.29, 1.82) is 0 Å². The van der Waals surface area contributed by atoms with E-state index in [1.807, 2.05) is 73.1 Å². The lowest BCUT2D eigenvalue weighted by atomic mass is 10.1. The van der Waals surface area contributed by atoms with Crippen LogP contribution in [0.2, 0.25) is 0 Å². The van der Waals surface area contributed by atoms with Crippen LogP contribution >= 0.6 is 0 Å². The molecule has 3 aromatic rings. The molecule has 0 aliphatic carbocycles. The molecule has 1 N–H and O–H groups in total. The number of hydrogen-bond donors (Lipinski definition) is 1. The minimum atomic E-state index is -0.0198. The molecule has 0 saturated heterocycles. The van der Waals surface area contributed by atoms with Gasteiger partial charge in [-0.2, -0.15) is 0 Å². The number of aromatic nitrogens is 1. The lowest BCUT2D eigenvalue weighted by molar-refractivity contribution is -0.688. The molecule has 212 valence electrons. The molecule has 39 heavy (non-hydrogen) atoms. The molecule has 0 saturated carbocycles. The zero-order valence-electron chi connectivity index (χ0n) is 23.8. The van der Waals surface area contributed by atoms with E-state index in [2.05, 4.69) is 22.9 Å². The van der Waals surface area contributed by atoms with E-state index in [0.29, 0.717) is 13.0 Å². The first kappa shape index (κ1) is 32.6. The first-order valence-corrected chi connectivity index (χ1v) is 14.8. The molecule has 1 aromatic heterocycles. The number of hydrogen-bond acceptors (Lipinski definition) is 2. The normalized spacial score (nSPS) is 10.6. The minimum absolute atomic E-state index is 0.